The van der Waals surface area contributed by atoms with Crippen molar-refractivity contribution in [2.24, 2.45) is 18.7 Å². The number of nitrogens with zero attached hydrogens (tertiary/aromatic N) is 2. The highest BCUT2D eigenvalue weighted by molar-refractivity contribution is 5.92. The Hall–Kier alpha value is -1.36. The lowest BCUT2D eigenvalue weighted by Gasteiger charge is -2.27. The van der Waals surface area contributed by atoms with E-state index in [2.05, 4.69) is 10.4 Å². The number of nitrogens with two attached hydrogens (primary N) is 1. The number of carbonyl (C=O) groups is 1. The van der Waals surface area contributed by atoms with Gasteiger partial charge in [-0.1, -0.05) is 12.8 Å². The van der Waals surface area contributed by atoms with Crippen LogP contribution in [0.2, 0.25) is 0 Å². The normalized spacial score (nSPS) is 25.4. The number of amides is 1. The molecule has 0 radical (unpaired) electrons. The molecule has 1 heterocycles. The van der Waals surface area contributed by atoms with E-state index >= 15 is 0 Å². The van der Waals surface area contributed by atoms with Crippen LogP contribution in [0.3, 0.4) is 0 Å². The molecular formula is C11H18N4O. The molecule has 0 aliphatic heterocycles. The maximum atomic E-state index is 12.0. The van der Waals surface area contributed by atoms with Gasteiger partial charge in [0.25, 0.3) is 0 Å². The number of nitrogens with one attached hydrogen (secondary N) is 1. The molecule has 1 fully saturated rings. The molecule has 0 saturated heterocycles. The Kier molecular flexibility index (Phi) is 3.24. The minimum absolute atomic E-state index is 0.00183. The molecule has 5 nitrogen and oxygen atoms in total. The van der Waals surface area contributed by atoms with E-state index in [4.69, 9.17) is 5.73 Å². The molecule has 5 heteroatoms. The first-order valence-electron chi connectivity index (χ1n) is 5.73. The molecular weight excluding hydrogens is 204 g/mol. The van der Waals surface area contributed by atoms with Crippen LogP contribution in [0.5, 0.6) is 0 Å². The fourth-order valence-corrected chi connectivity index (χ4v) is 2.20. The number of anilines is 1. The summed E-state index contributed by atoms with van der Waals surface area (Å²) >= 11 is 0. The molecule has 2 rings (SSSR count). The highest BCUT2D eigenvalue weighted by Crippen LogP contribution is 2.24. The zero-order chi connectivity index (χ0) is 11.5. The van der Waals surface area contributed by atoms with Gasteiger partial charge in [0, 0.05) is 19.2 Å². The minimum Gasteiger partial charge on any atom is -0.327 e. The fraction of sp³-hybridized carbons (Fsp3) is 0.636. The Balaban J connectivity index is 2.00. The molecule has 2 atom stereocenters. The summed E-state index contributed by atoms with van der Waals surface area (Å²) in [6.07, 6.45) is 5.73. The topological polar surface area (TPSA) is 72.9 Å². The summed E-state index contributed by atoms with van der Waals surface area (Å²) in [5.74, 6) is 0.697. The second-order valence-corrected chi connectivity index (χ2v) is 4.38. The Morgan fingerprint density at radius 1 is 1.56 bits per heavy atom. The van der Waals surface area contributed by atoms with Crippen LogP contribution in [-0.4, -0.2) is 21.7 Å². The largest absolute Gasteiger partial charge is 0.327 e. The Bertz CT molecular complexity index is 374. The van der Waals surface area contributed by atoms with Gasteiger partial charge in [0.1, 0.15) is 5.82 Å². The lowest BCUT2D eigenvalue weighted by molar-refractivity contribution is -0.121. The van der Waals surface area contributed by atoms with Crippen molar-refractivity contribution >= 4 is 11.7 Å². The number of hydrogen-bond acceptors (Lipinski definition) is 3. The highest BCUT2D eigenvalue weighted by Gasteiger charge is 2.28. The number of aryl methyl sites for hydroxylation is 1. The van der Waals surface area contributed by atoms with E-state index in [0.717, 1.165) is 31.5 Å². The third-order valence-electron chi connectivity index (χ3n) is 3.23. The van der Waals surface area contributed by atoms with Crippen molar-refractivity contribution in [3.63, 3.8) is 0 Å². The van der Waals surface area contributed by atoms with Crippen molar-refractivity contribution < 1.29 is 4.79 Å². The first kappa shape index (κ1) is 11.1. The summed E-state index contributed by atoms with van der Waals surface area (Å²) in [6.45, 7) is 0. The molecule has 0 bridgehead atoms. The lowest BCUT2D eigenvalue weighted by atomic mass is 9.84. The van der Waals surface area contributed by atoms with Crippen LogP contribution in [0.25, 0.3) is 0 Å². The van der Waals surface area contributed by atoms with Crippen LogP contribution in [0, 0.1) is 5.92 Å². The number of hydrogen-bond donors (Lipinski definition) is 2. The zero-order valence-corrected chi connectivity index (χ0v) is 9.52. The maximum Gasteiger partial charge on any atom is 0.230 e. The number of carbonyl (C=O) groups excluding carboxylic acids is 1. The molecule has 1 aromatic heterocycles. The SMILES string of the molecule is Cn1nccc1NC(=O)C1CCCCC1N. The van der Waals surface area contributed by atoms with E-state index in [1.54, 1.807) is 24.0 Å². The quantitative estimate of drug-likeness (QED) is 0.780. The van der Waals surface area contributed by atoms with Gasteiger partial charge in [-0.2, -0.15) is 5.10 Å². The molecule has 16 heavy (non-hydrogen) atoms. The lowest BCUT2D eigenvalue weighted by Crippen LogP contribution is -2.40. The summed E-state index contributed by atoms with van der Waals surface area (Å²) < 4.78 is 1.65. The average molecular weight is 222 g/mol. The van der Waals surface area contributed by atoms with Gasteiger partial charge >= 0.3 is 0 Å². The van der Waals surface area contributed by atoms with Crippen molar-refractivity contribution in [2.75, 3.05) is 5.32 Å². The first-order valence-corrected chi connectivity index (χ1v) is 5.73. The second-order valence-electron chi connectivity index (χ2n) is 4.38. The van der Waals surface area contributed by atoms with Gasteiger partial charge in [-0.3, -0.25) is 9.48 Å². The van der Waals surface area contributed by atoms with Crippen LogP contribution < -0.4 is 11.1 Å². The van der Waals surface area contributed by atoms with E-state index in [0.29, 0.717) is 0 Å². The van der Waals surface area contributed by atoms with Crippen molar-refractivity contribution in [3.05, 3.63) is 12.3 Å². The fourth-order valence-electron chi connectivity index (χ4n) is 2.20. The molecule has 2 unspecified atom stereocenters. The second kappa shape index (κ2) is 4.65. The molecule has 1 aromatic rings. The molecule has 88 valence electrons. The van der Waals surface area contributed by atoms with Crippen LogP contribution in [-0.2, 0) is 11.8 Å². The van der Waals surface area contributed by atoms with Crippen LogP contribution >= 0.6 is 0 Å². The summed E-state index contributed by atoms with van der Waals surface area (Å²) in [4.78, 5) is 12.0. The van der Waals surface area contributed by atoms with Crippen LogP contribution in [0.15, 0.2) is 12.3 Å². The highest BCUT2D eigenvalue weighted by atomic mass is 16.2. The predicted molar refractivity (Wildman–Crippen MR) is 61.8 cm³/mol. The van der Waals surface area contributed by atoms with Crippen molar-refractivity contribution in [2.45, 2.75) is 31.7 Å². The van der Waals surface area contributed by atoms with E-state index in [1.165, 1.54) is 0 Å². The van der Waals surface area contributed by atoms with Crippen molar-refractivity contribution in [1.29, 1.82) is 0 Å². The van der Waals surface area contributed by atoms with Gasteiger partial charge in [-0.25, -0.2) is 0 Å². The summed E-state index contributed by atoms with van der Waals surface area (Å²) in [5.41, 5.74) is 5.96. The molecule has 1 saturated carbocycles. The average Bonchev–Trinajstić information content (AvgIpc) is 2.65. The predicted octanol–water partition coefficient (Wildman–Crippen LogP) is 0.876. The van der Waals surface area contributed by atoms with Gasteiger partial charge in [0.2, 0.25) is 5.91 Å². The Morgan fingerprint density at radius 2 is 2.31 bits per heavy atom. The molecule has 1 aliphatic rings. The van der Waals surface area contributed by atoms with E-state index < -0.39 is 0 Å². The summed E-state index contributed by atoms with van der Waals surface area (Å²) in [5, 5.41) is 6.88. The van der Waals surface area contributed by atoms with E-state index in [9.17, 15) is 4.79 Å². The summed E-state index contributed by atoms with van der Waals surface area (Å²) in [7, 11) is 1.80. The van der Waals surface area contributed by atoms with E-state index in [-0.39, 0.29) is 17.9 Å². The summed E-state index contributed by atoms with van der Waals surface area (Å²) in [6, 6.07) is 1.79. The van der Waals surface area contributed by atoms with E-state index in [1.807, 2.05) is 0 Å². The number of aromatic nitrogens is 2. The number of rotatable bonds is 2. The van der Waals surface area contributed by atoms with Gasteiger partial charge < -0.3 is 11.1 Å². The molecule has 3 N–H and O–H groups in total. The molecule has 1 amide bonds. The smallest absolute Gasteiger partial charge is 0.230 e. The van der Waals surface area contributed by atoms with Crippen LogP contribution in [0.1, 0.15) is 25.7 Å². The van der Waals surface area contributed by atoms with Crippen molar-refractivity contribution in [1.82, 2.24) is 9.78 Å². The Labute approximate surface area is 95.0 Å². The van der Waals surface area contributed by atoms with Crippen molar-refractivity contribution in [3.8, 4) is 0 Å². The third-order valence-corrected chi connectivity index (χ3v) is 3.23. The minimum atomic E-state index is -0.0522. The van der Waals surface area contributed by atoms with Crippen LogP contribution in [0.4, 0.5) is 5.82 Å². The standard InChI is InChI=1S/C11H18N4O/c1-15-10(6-7-13-15)14-11(16)8-4-2-3-5-9(8)12/h6-9H,2-5,12H2,1H3,(H,14,16). The molecule has 0 spiro atoms. The molecule has 0 aromatic carbocycles. The van der Waals surface area contributed by atoms with Gasteiger partial charge in [-0.05, 0) is 12.8 Å². The zero-order valence-electron chi connectivity index (χ0n) is 9.52. The maximum absolute atomic E-state index is 12.0. The molecule has 1 aliphatic carbocycles. The van der Waals surface area contributed by atoms with Gasteiger partial charge in [0.15, 0.2) is 0 Å². The first-order chi connectivity index (χ1) is 7.68. The monoisotopic (exact) mass is 222 g/mol. The van der Waals surface area contributed by atoms with Gasteiger partial charge in [0.05, 0.1) is 12.1 Å². The Morgan fingerprint density at radius 3 is 2.94 bits per heavy atom. The third kappa shape index (κ3) is 2.24. The van der Waals surface area contributed by atoms with Gasteiger partial charge in [-0.15, -0.1) is 0 Å².